The van der Waals surface area contributed by atoms with Crippen LogP contribution in [0.5, 0.6) is 5.75 Å². The molecule has 0 saturated heterocycles. The van der Waals surface area contributed by atoms with Gasteiger partial charge in [-0.2, -0.15) is 0 Å². The van der Waals surface area contributed by atoms with Gasteiger partial charge in [-0.15, -0.1) is 11.3 Å². The third-order valence-electron chi connectivity index (χ3n) is 3.13. The van der Waals surface area contributed by atoms with Crippen LogP contribution in [0.1, 0.15) is 10.4 Å². The highest BCUT2D eigenvalue weighted by Crippen LogP contribution is 2.21. The molecule has 0 spiro atoms. The van der Waals surface area contributed by atoms with E-state index in [1.165, 1.54) is 12.0 Å². The summed E-state index contributed by atoms with van der Waals surface area (Å²) in [5.41, 5.74) is 1.06. The van der Waals surface area contributed by atoms with Crippen LogP contribution in [0.15, 0.2) is 41.8 Å². The van der Waals surface area contributed by atoms with Crippen molar-refractivity contribution in [1.29, 1.82) is 0 Å². The number of carbonyl (C=O) groups excluding carboxylic acids is 1. The Morgan fingerprint density at radius 1 is 1.14 bits per heavy atom. The van der Waals surface area contributed by atoms with Crippen molar-refractivity contribution in [2.24, 2.45) is 0 Å². The van der Waals surface area contributed by atoms with E-state index in [0.29, 0.717) is 13.1 Å². The number of hydrogen-bond donors (Lipinski definition) is 0. The molecule has 0 unspecified atom stereocenters. The Bertz CT molecular complexity index is 569. The van der Waals surface area contributed by atoms with E-state index < -0.39 is 0 Å². The Morgan fingerprint density at radius 2 is 1.95 bits per heavy atom. The highest BCUT2D eigenvalue weighted by Gasteiger charge is 2.14. The van der Waals surface area contributed by atoms with E-state index in [1.807, 2.05) is 35.7 Å². The number of esters is 1. The first kappa shape index (κ1) is 15.5. The molecule has 0 N–H and O–H groups in total. The highest BCUT2D eigenvalue weighted by molar-refractivity contribution is 7.09. The van der Waals surface area contributed by atoms with E-state index in [-0.39, 0.29) is 12.5 Å². The first-order valence-corrected chi connectivity index (χ1v) is 7.54. The van der Waals surface area contributed by atoms with Crippen molar-refractivity contribution in [2.45, 2.75) is 13.1 Å². The Balaban J connectivity index is 2.12. The van der Waals surface area contributed by atoms with Crippen molar-refractivity contribution in [1.82, 2.24) is 4.90 Å². The van der Waals surface area contributed by atoms with E-state index in [2.05, 4.69) is 11.0 Å². The maximum Gasteiger partial charge on any atom is 0.319 e. The lowest BCUT2D eigenvalue weighted by atomic mass is 10.2. The third kappa shape index (κ3) is 4.58. The van der Waals surface area contributed by atoms with Crippen molar-refractivity contribution >= 4 is 17.3 Å². The molecule has 0 bridgehead atoms. The lowest BCUT2D eigenvalue weighted by Gasteiger charge is -2.21. The summed E-state index contributed by atoms with van der Waals surface area (Å²) in [4.78, 5) is 14.9. The van der Waals surface area contributed by atoms with Crippen molar-refractivity contribution in [3.63, 3.8) is 0 Å². The maximum absolute atomic E-state index is 11.6. The second kappa shape index (κ2) is 7.81. The predicted octanol–water partition coefficient (Wildman–Crippen LogP) is 2.93. The number of carbonyl (C=O) groups is 1. The van der Waals surface area contributed by atoms with Crippen LogP contribution in [0.4, 0.5) is 0 Å². The maximum atomic E-state index is 11.6. The van der Waals surface area contributed by atoms with E-state index in [1.54, 1.807) is 18.4 Å². The molecule has 0 atom stereocenters. The summed E-state index contributed by atoms with van der Waals surface area (Å²) in [7, 11) is 3.07. The molecular formula is C16H19NO3S. The number of nitrogens with zero attached hydrogens (tertiary/aromatic N) is 1. The van der Waals surface area contributed by atoms with Crippen LogP contribution in [0, 0.1) is 0 Å². The molecule has 1 aromatic carbocycles. The average molecular weight is 305 g/mol. The minimum atomic E-state index is -0.235. The van der Waals surface area contributed by atoms with Crippen LogP contribution in [0.25, 0.3) is 0 Å². The fourth-order valence-electron chi connectivity index (χ4n) is 2.11. The van der Waals surface area contributed by atoms with Gasteiger partial charge in [-0.05, 0) is 17.5 Å². The highest BCUT2D eigenvalue weighted by atomic mass is 32.1. The monoisotopic (exact) mass is 305 g/mol. The van der Waals surface area contributed by atoms with Crippen molar-refractivity contribution in [3.8, 4) is 5.75 Å². The van der Waals surface area contributed by atoms with Gasteiger partial charge in [0.1, 0.15) is 5.75 Å². The summed E-state index contributed by atoms with van der Waals surface area (Å²) in [5, 5.41) is 2.04. The second-order valence-corrected chi connectivity index (χ2v) is 5.64. The summed E-state index contributed by atoms with van der Waals surface area (Å²) in [6, 6.07) is 11.9. The van der Waals surface area contributed by atoms with Gasteiger partial charge >= 0.3 is 5.97 Å². The van der Waals surface area contributed by atoms with Gasteiger partial charge in [0.2, 0.25) is 0 Å². The number of ether oxygens (including phenoxy) is 2. The standard InChI is InChI=1S/C16H19NO3S/c1-19-15-8-4-3-6-13(15)10-17(12-16(18)20-2)11-14-7-5-9-21-14/h3-9H,10-12H2,1-2H3. The Labute approximate surface area is 128 Å². The molecule has 0 radical (unpaired) electrons. The van der Waals surface area contributed by atoms with Gasteiger partial charge in [-0.1, -0.05) is 24.3 Å². The zero-order valence-corrected chi connectivity index (χ0v) is 13.1. The topological polar surface area (TPSA) is 38.8 Å². The number of benzene rings is 1. The number of hydrogen-bond acceptors (Lipinski definition) is 5. The molecule has 0 aliphatic heterocycles. The summed E-state index contributed by atoms with van der Waals surface area (Å²) in [6.07, 6.45) is 0. The molecule has 1 aromatic heterocycles. The van der Waals surface area contributed by atoms with Gasteiger partial charge < -0.3 is 9.47 Å². The fourth-order valence-corrected chi connectivity index (χ4v) is 2.86. The molecule has 4 nitrogen and oxygen atoms in total. The molecule has 2 rings (SSSR count). The molecule has 5 heteroatoms. The zero-order valence-electron chi connectivity index (χ0n) is 12.2. The number of thiophene rings is 1. The molecule has 112 valence electrons. The minimum Gasteiger partial charge on any atom is -0.496 e. The molecule has 0 aliphatic rings. The quantitative estimate of drug-likeness (QED) is 0.737. The van der Waals surface area contributed by atoms with Gasteiger partial charge in [0.25, 0.3) is 0 Å². The predicted molar refractivity (Wildman–Crippen MR) is 83.4 cm³/mol. The molecule has 0 fully saturated rings. The van der Waals surface area contributed by atoms with Crippen molar-refractivity contribution in [3.05, 3.63) is 52.2 Å². The summed E-state index contributed by atoms with van der Waals surface area (Å²) in [5.74, 6) is 0.597. The van der Waals surface area contributed by atoms with Gasteiger partial charge in [0.15, 0.2) is 0 Å². The first-order chi connectivity index (χ1) is 10.2. The van der Waals surface area contributed by atoms with E-state index in [4.69, 9.17) is 9.47 Å². The Morgan fingerprint density at radius 3 is 2.62 bits per heavy atom. The van der Waals surface area contributed by atoms with Gasteiger partial charge in [0, 0.05) is 23.5 Å². The van der Waals surface area contributed by atoms with Crippen LogP contribution in [-0.4, -0.2) is 31.6 Å². The largest absolute Gasteiger partial charge is 0.496 e. The molecule has 0 amide bonds. The fraction of sp³-hybridized carbons (Fsp3) is 0.312. The molecule has 21 heavy (non-hydrogen) atoms. The van der Waals surface area contributed by atoms with E-state index >= 15 is 0 Å². The van der Waals surface area contributed by atoms with Gasteiger partial charge in [-0.25, -0.2) is 0 Å². The van der Waals surface area contributed by atoms with Crippen LogP contribution in [-0.2, 0) is 22.6 Å². The van der Waals surface area contributed by atoms with E-state index in [9.17, 15) is 4.79 Å². The van der Waals surface area contributed by atoms with Crippen molar-refractivity contribution < 1.29 is 14.3 Å². The third-order valence-corrected chi connectivity index (χ3v) is 3.99. The van der Waals surface area contributed by atoms with Crippen LogP contribution in [0.3, 0.4) is 0 Å². The van der Waals surface area contributed by atoms with Gasteiger partial charge in [0.05, 0.1) is 20.8 Å². The number of para-hydroxylation sites is 1. The first-order valence-electron chi connectivity index (χ1n) is 6.66. The SMILES string of the molecule is COC(=O)CN(Cc1cccs1)Cc1ccccc1OC. The number of rotatable bonds is 7. The summed E-state index contributed by atoms with van der Waals surface area (Å²) >= 11 is 1.68. The van der Waals surface area contributed by atoms with E-state index in [0.717, 1.165) is 11.3 Å². The minimum absolute atomic E-state index is 0.235. The Kier molecular flexibility index (Phi) is 5.78. The molecule has 0 aliphatic carbocycles. The molecule has 0 saturated carbocycles. The van der Waals surface area contributed by atoms with Crippen molar-refractivity contribution in [2.75, 3.05) is 20.8 Å². The lowest BCUT2D eigenvalue weighted by molar-refractivity contribution is -0.142. The molecule has 2 aromatic rings. The Hall–Kier alpha value is -1.85. The van der Waals surface area contributed by atoms with Crippen LogP contribution in [0.2, 0.25) is 0 Å². The van der Waals surface area contributed by atoms with Crippen LogP contribution < -0.4 is 4.74 Å². The second-order valence-electron chi connectivity index (χ2n) is 4.61. The van der Waals surface area contributed by atoms with Gasteiger partial charge in [-0.3, -0.25) is 9.69 Å². The average Bonchev–Trinajstić information content (AvgIpc) is 3.00. The summed E-state index contributed by atoms with van der Waals surface area (Å²) in [6.45, 7) is 1.61. The smallest absolute Gasteiger partial charge is 0.319 e. The van der Waals surface area contributed by atoms with Crippen LogP contribution >= 0.6 is 11.3 Å². The molecular weight excluding hydrogens is 286 g/mol. The normalized spacial score (nSPS) is 10.6. The number of methoxy groups -OCH3 is 2. The summed E-state index contributed by atoms with van der Waals surface area (Å²) < 4.78 is 10.2. The lowest BCUT2D eigenvalue weighted by Crippen LogP contribution is -2.29. The molecule has 1 heterocycles. The zero-order chi connectivity index (χ0) is 15.1.